The van der Waals surface area contributed by atoms with Gasteiger partial charge < -0.3 is 5.73 Å². The maximum atomic E-state index is 12.7. The van der Waals surface area contributed by atoms with Crippen molar-refractivity contribution in [3.63, 3.8) is 0 Å². The molecule has 0 aliphatic heterocycles. The number of benzene rings is 1. The molecule has 0 atom stereocenters. The Hall–Kier alpha value is -0.590. The summed E-state index contributed by atoms with van der Waals surface area (Å²) in [6.07, 6.45) is 4.09. The third kappa shape index (κ3) is 2.95. The zero-order valence-corrected chi connectivity index (χ0v) is 13.4. The van der Waals surface area contributed by atoms with Crippen LogP contribution in [0.2, 0.25) is 0 Å². The van der Waals surface area contributed by atoms with Crippen molar-refractivity contribution in [2.24, 2.45) is 0 Å². The summed E-state index contributed by atoms with van der Waals surface area (Å²) in [5.41, 5.74) is 6.15. The van der Waals surface area contributed by atoms with Gasteiger partial charge in [0.05, 0.1) is 5.69 Å². The van der Waals surface area contributed by atoms with E-state index >= 15 is 0 Å². The lowest BCUT2D eigenvalue weighted by molar-refractivity contribution is 0.335. The molecule has 0 saturated heterocycles. The molecule has 0 heterocycles. The van der Waals surface area contributed by atoms with Crippen LogP contribution in [0.5, 0.6) is 0 Å². The van der Waals surface area contributed by atoms with Gasteiger partial charge in [0.1, 0.15) is 4.90 Å². The van der Waals surface area contributed by atoms with Crippen molar-refractivity contribution in [1.82, 2.24) is 4.31 Å². The van der Waals surface area contributed by atoms with E-state index in [1.165, 1.54) is 0 Å². The highest BCUT2D eigenvalue weighted by atomic mass is 79.9. The van der Waals surface area contributed by atoms with Crippen LogP contribution < -0.4 is 5.73 Å². The van der Waals surface area contributed by atoms with Crippen LogP contribution in [-0.2, 0) is 10.0 Å². The minimum Gasteiger partial charge on any atom is -0.398 e. The molecule has 1 aliphatic carbocycles. The molecule has 0 aromatic heterocycles. The summed E-state index contributed by atoms with van der Waals surface area (Å²) < 4.78 is 27.8. The van der Waals surface area contributed by atoms with Gasteiger partial charge in [-0.05, 0) is 31.0 Å². The normalized spacial score (nSPS) is 17.2. The van der Waals surface area contributed by atoms with Crippen molar-refractivity contribution in [2.75, 3.05) is 12.3 Å². The van der Waals surface area contributed by atoms with Gasteiger partial charge in [0, 0.05) is 17.1 Å². The first-order valence-corrected chi connectivity index (χ1v) is 8.77. The van der Waals surface area contributed by atoms with Crippen LogP contribution in [0.4, 0.5) is 5.69 Å². The first-order valence-electron chi connectivity index (χ1n) is 6.53. The number of hydrogen-bond acceptors (Lipinski definition) is 3. The van der Waals surface area contributed by atoms with Crippen molar-refractivity contribution in [2.45, 2.75) is 43.5 Å². The first kappa shape index (κ1) is 14.8. The van der Waals surface area contributed by atoms with Gasteiger partial charge in [-0.1, -0.05) is 35.7 Å². The van der Waals surface area contributed by atoms with E-state index in [-0.39, 0.29) is 10.9 Å². The van der Waals surface area contributed by atoms with Crippen LogP contribution >= 0.6 is 15.9 Å². The minimum atomic E-state index is -3.51. The van der Waals surface area contributed by atoms with Crippen LogP contribution in [0.3, 0.4) is 0 Å². The highest BCUT2D eigenvalue weighted by molar-refractivity contribution is 9.10. The average Bonchev–Trinajstić information content (AvgIpc) is 2.86. The third-order valence-electron chi connectivity index (χ3n) is 3.61. The molecule has 0 bridgehead atoms. The molecule has 6 heteroatoms. The van der Waals surface area contributed by atoms with E-state index in [1.54, 1.807) is 22.5 Å². The average molecular weight is 347 g/mol. The number of nitrogens with two attached hydrogens (primary N) is 1. The molecule has 1 aliphatic rings. The van der Waals surface area contributed by atoms with Gasteiger partial charge in [-0.3, -0.25) is 0 Å². The molecule has 1 saturated carbocycles. The van der Waals surface area contributed by atoms with Gasteiger partial charge in [-0.15, -0.1) is 0 Å². The molecule has 4 nitrogen and oxygen atoms in total. The Morgan fingerprint density at radius 2 is 2.00 bits per heavy atom. The zero-order valence-electron chi connectivity index (χ0n) is 11.0. The van der Waals surface area contributed by atoms with Crippen molar-refractivity contribution in [3.05, 3.63) is 22.7 Å². The fourth-order valence-corrected chi connectivity index (χ4v) is 5.02. The Morgan fingerprint density at radius 3 is 2.58 bits per heavy atom. The van der Waals surface area contributed by atoms with Crippen LogP contribution in [0, 0.1) is 0 Å². The van der Waals surface area contributed by atoms with E-state index in [9.17, 15) is 8.42 Å². The Kier molecular flexibility index (Phi) is 4.53. The number of anilines is 1. The van der Waals surface area contributed by atoms with Crippen LogP contribution in [0.15, 0.2) is 27.6 Å². The van der Waals surface area contributed by atoms with Crippen molar-refractivity contribution < 1.29 is 8.42 Å². The second kappa shape index (κ2) is 5.81. The Morgan fingerprint density at radius 1 is 1.37 bits per heavy atom. The summed E-state index contributed by atoms with van der Waals surface area (Å²) in [6, 6.07) is 5.08. The maximum Gasteiger partial charge on any atom is 0.245 e. The number of nitrogen functional groups attached to an aromatic ring is 1. The van der Waals surface area contributed by atoms with Gasteiger partial charge >= 0.3 is 0 Å². The molecular weight excluding hydrogens is 328 g/mol. The second-order valence-corrected chi connectivity index (χ2v) is 7.60. The number of hydrogen-bond donors (Lipinski definition) is 1. The topological polar surface area (TPSA) is 63.4 Å². The van der Waals surface area contributed by atoms with Crippen LogP contribution in [0.25, 0.3) is 0 Å². The van der Waals surface area contributed by atoms with E-state index in [0.29, 0.717) is 12.2 Å². The molecule has 1 aromatic carbocycles. The molecule has 2 rings (SSSR count). The smallest absolute Gasteiger partial charge is 0.245 e. The standard InChI is InChI=1S/C13H19BrN2O2S/c1-2-16(11-5-3-4-6-11)19(17,18)13-9-10(14)7-8-12(13)15/h7-9,11H,2-6,15H2,1H3. The summed E-state index contributed by atoms with van der Waals surface area (Å²) >= 11 is 3.30. The predicted octanol–water partition coefficient (Wildman–Crippen LogP) is 2.98. The maximum absolute atomic E-state index is 12.7. The predicted molar refractivity (Wildman–Crippen MR) is 80.4 cm³/mol. The van der Waals surface area contributed by atoms with E-state index in [2.05, 4.69) is 15.9 Å². The molecule has 2 N–H and O–H groups in total. The fourth-order valence-electron chi connectivity index (χ4n) is 2.67. The lowest BCUT2D eigenvalue weighted by atomic mass is 10.2. The summed E-state index contributed by atoms with van der Waals surface area (Å²) in [4.78, 5) is 0.204. The molecule has 0 amide bonds. The fraction of sp³-hybridized carbons (Fsp3) is 0.538. The molecule has 0 spiro atoms. The number of sulfonamides is 1. The van der Waals surface area contributed by atoms with Crippen LogP contribution in [-0.4, -0.2) is 25.3 Å². The lowest BCUT2D eigenvalue weighted by Crippen LogP contribution is -2.38. The summed E-state index contributed by atoms with van der Waals surface area (Å²) in [6.45, 7) is 2.36. The molecule has 0 radical (unpaired) electrons. The monoisotopic (exact) mass is 346 g/mol. The van der Waals surface area contributed by atoms with Crippen LogP contribution in [0.1, 0.15) is 32.6 Å². The minimum absolute atomic E-state index is 0.119. The lowest BCUT2D eigenvalue weighted by Gasteiger charge is -2.27. The highest BCUT2D eigenvalue weighted by Gasteiger charge is 2.33. The largest absolute Gasteiger partial charge is 0.398 e. The molecule has 1 fully saturated rings. The van der Waals surface area contributed by atoms with E-state index in [4.69, 9.17) is 5.73 Å². The van der Waals surface area contributed by atoms with Gasteiger partial charge in [-0.2, -0.15) is 4.31 Å². The Labute approximate surface area is 123 Å². The van der Waals surface area contributed by atoms with Crippen molar-refractivity contribution >= 4 is 31.6 Å². The second-order valence-electron chi connectivity index (χ2n) is 4.83. The first-order chi connectivity index (χ1) is 8.96. The Bertz CT molecular complexity index is 554. The van der Waals surface area contributed by atoms with Gasteiger partial charge in [0.2, 0.25) is 10.0 Å². The molecule has 0 unspecified atom stereocenters. The molecular formula is C13H19BrN2O2S. The van der Waals surface area contributed by atoms with E-state index < -0.39 is 10.0 Å². The zero-order chi connectivity index (χ0) is 14.0. The quantitative estimate of drug-likeness (QED) is 0.852. The summed E-state index contributed by atoms with van der Waals surface area (Å²) in [5, 5.41) is 0. The molecule has 1 aromatic rings. The number of halogens is 1. The summed E-state index contributed by atoms with van der Waals surface area (Å²) in [7, 11) is -3.51. The molecule has 19 heavy (non-hydrogen) atoms. The van der Waals surface area contributed by atoms with Crippen molar-refractivity contribution in [3.8, 4) is 0 Å². The SMILES string of the molecule is CCN(C1CCCC1)S(=O)(=O)c1cc(Br)ccc1N. The van der Waals surface area contributed by atoms with E-state index in [1.807, 2.05) is 6.92 Å². The molecule has 106 valence electrons. The van der Waals surface area contributed by atoms with Gasteiger partial charge in [0.25, 0.3) is 0 Å². The number of nitrogens with zero attached hydrogens (tertiary/aromatic N) is 1. The van der Waals surface area contributed by atoms with Gasteiger partial charge in [0.15, 0.2) is 0 Å². The third-order valence-corrected chi connectivity index (χ3v) is 6.18. The highest BCUT2D eigenvalue weighted by Crippen LogP contribution is 2.31. The number of rotatable bonds is 4. The van der Waals surface area contributed by atoms with Gasteiger partial charge in [-0.25, -0.2) is 8.42 Å². The Balaban J connectivity index is 2.42. The van der Waals surface area contributed by atoms with E-state index in [0.717, 1.165) is 30.2 Å². The van der Waals surface area contributed by atoms with Crippen molar-refractivity contribution in [1.29, 1.82) is 0 Å². The summed E-state index contributed by atoms with van der Waals surface area (Å²) in [5.74, 6) is 0.